The van der Waals surface area contributed by atoms with Gasteiger partial charge >= 0.3 is 11.9 Å². The molecule has 0 atom stereocenters. The Morgan fingerprint density at radius 2 is 1.68 bits per heavy atom. The first-order valence-corrected chi connectivity index (χ1v) is 6.66. The fourth-order valence-electron chi connectivity index (χ4n) is 2.11. The Labute approximate surface area is 128 Å². The molecule has 0 aliphatic carbocycles. The molecule has 2 aromatic carbocycles. The summed E-state index contributed by atoms with van der Waals surface area (Å²) in [6.45, 7) is 1.84. The predicted octanol–water partition coefficient (Wildman–Crippen LogP) is 3.06. The van der Waals surface area contributed by atoms with Crippen molar-refractivity contribution >= 4 is 11.9 Å². The van der Waals surface area contributed by atoms with Crippen molar-refractivity contribution in [2.24, 2.45) is 0 Å². The average molecular weight is 300 g/mol. The van der Waals surface area contributed by atoms with Crippen molar-refractivity contribution in [3.63, 3.8) is 0 Å². The third-order valence-electron chi connectivity index (χ3n) is 3.27. The fourth-order valence-corrected chi connectivity index (χ4v) is 2.11. The van der Waals surface area contributed by atoms with E-state index in [1.54, 1.807) is 6.92 Å². The molecule has 2 aromatic rings. The summed E-state index contributed by atoms with van der Waals surface area (Å²) in [4.78, 5) is 23.1. The van der Waals surface area contributed by atoms with Crippen LogP contribution < -0.4 is 4.74 Å². The fraction of sp³-hybridized carbons (Fsp3) is 0.176. The van der Waals surface area contributed by atoms with Crippen molar-refractivity contribution in [1.82, 2.24) is 0 Å². The Balaban J connectivity index is 2.39. The molecule has 5 heteroatoms. The Bertz CT molecular complexity index is 692. The molecule has 5 nitrogen and oxygen atoms in total. The summed E-state index contributed by atoms with van der Waals surface area (Å²) in [5, 5.41) is 9.19. The van der Waals surface area contributed by atoms with Crippen molar-refractivity contribution in [2.45, 2.75) is 13.5 Å². The van der Waals surface area contributed by atoms with Crippen molar-refractivity contribution in [2.75, 3.05) is 7.11 Å². The summed E-state index contributed by atoms with van der Waals surface area (Å²) in [7, 11) is 1.27. The van der Waals surface area contributed by atoms with Gasteiger partial charge in [0.15, 0.2) is 0 Å². The van der Waals surface area contributed by atoms with Crippen LogP contribution in [-0.4, -0.2) is 24.2 Å². The highest BCUT2D eigenvalue weighted by Gasteiger charge is 2.20. The van der Waals surface area contributed by atoms with Crippen LogP contribution in [0.3, 0.4) is 0 Å². The summed E-state index contributed by atoms with van der Waals surface area (Å²) in [6.07, 6.45) is 0. The maximum Gasteiger partial charge on any atom is 0.341 e. The molecule has 0 unspecified atom stereocenters. The number of methoxy groups -OCH3 is 1. The lowest BCUT2D eigenvalue weighted by Gasteiger charge is -2.15. The van der Waals surface area contributed by atoms with Crippen LogP contribution in [0.4, 0.5) is 0 Å². The molecule has 0 fully saturated rings. The van der Waals surface area contributed by atoms with E-state index in [1.165, 1.54) is 19.2 Å². The molecule has 0 saturated heterocycles. The number of aromatic carboxylic acids is 1. The molecule has 0 saturated carbocycles. The Morgan fingerprint density at radius 3 is 2.27 bits per heavy atom. The van der Waals surface area contributed by atoms with E-state index >= 15 is 0 Å². The number of carbonyl (C=O) groups excluding carboxylic acids is 1. The van der Waals surface area contributed by atoms with E-state index in [9.17, 15) is 14.7 Å². The Kier molecular flexibility index (Phi) is 4.78. The zero-order valence-electron chi connectivity index (χ0n) is 12.3. The SMILES string of the molecule is COC(=O)c1ccc(C(=O)O)c(C)c1OCc1ccccc1. The van der Waals surface area contributed by atoms with E-state index in [4.69, 9.17) is 9.47 Å². The van der Waals surface area contributed by atoms with Crippen LogP contribution >= 0.6 is 0 Å². The van der Waals surface area contributed by atoms with Crippen LogP contribution in [-0.2, 0) is 11.3 Å². The van der Waals surface area contributed by atoms with Crippen molar-refractivity contribution < 1.29 is 24.2 Å². The number of carboxylic acid groups (broad SMARTS) is 1. The van der Waals surface area contributed by atoms with Gasteiger partial charge in [-0.1, -0.05) is 30.3 Å². The number of carbonyl (C=O) groups is 2. The van der Waals surface area contributed by atoms with Crippen LogP contribution in [0.15, 0.2) is 42.5 Å². The number of esters is 1. The number of hydrogen-bond donors (Lipinski definition) is 1. The summed E-state index contributed by atoms with van der Waals surface area (Å²) in [5.41, 5.74) is 1.61. The minimum Gasteiger partial charge on any atom is -0.488 e. The molecule has 0 bridgehead atoms. The van der Waals surface area contributed by atoms with Gasteiger partial charge in [-0.2, -0.15) is 0 Å². The highest BCUT2D eigenvalue weighted by molar-refractivity contribution is 5.97. The maximum atomic E-state index is 11.8. The molecule has 0 spiro atoms. The maximum absolute atomic E-state index is 11.8. The number of ether oxygens (including phenoxy) is 2. The van der Waals surface area contributed by atoms with Crippen LogP contribution in [0.2, 0.25) is 0 Å². The first kappa shape index (κ1) is 15.6. The summed E-state index contributed by atoms with van der Waals surface area (Å²) in [5.74, 6) is -1.41. The van der Waals surface area contributed by atoms with Gasteiger partial charge in [-0.05, 0) is 24.6 Å². The minimum absolute atomic E-state index is 0.0933. The quantitative estimate of drug-likeness (QED) is 0.859. The highest BCUT2D eigenvalue weighted by Crippen LogP contribution is 2.28. The van der Waals surface area contributed by atoms with Crippen molar-refractivity contribution in [3.8, 4) is 5.75 Å². The van der Waals surface area contributed by atoms with E-state index in [0.29, 0.717) is 5.56 Å². The molecule has 114 valence electrons. The molecule has 22 heavy (non-hydrogen) atoms. The van der Waals surface area contributed by atoms with Gasteiger partial charge < -0.3 is 14.6 Å². The van der Waals surface area contributed by atoms with E-state index < -0.39 is 11.9 Å². The van der Waals surface area contributed by atoms with Gasteiger partial charge in [-0.3, -0.25) is 0 Å². The van der Waals surface area contributed by atoms with Gasteiger partial charge in [-0.15, -0.1) is 0 Å². The van der Waals surface area contributed by atoms with Crippen LogP contribution in [0.1, 0.15) is 31.8 Å². The van der Waals surface area contributed by atoms with Gasteiger partial charge in [-0.25, -0.2) is 9.59 Å². The second kappa shape index (κ2) is 6.76. The molecule has 2 rings (SSSR count). The summed E-state index contributed by atoms with van der Waals surface area (Å²) in [6, 6.07) is 12.2. The summed E-state index contributed by atoms with van der Waals surface area (Å²) >= 11 is 0. The smallest absolute Gasteiger partial charge is 0.341 e. The predicted molar refractivity (Wildman–Crippen MR) is 80.3 cm³/mol. The zero-order valence-corrected chi connectivity index (χ0v) is 12.3. The first-order chi connectivity index (χ1) is 10.5. The van der Waals surface area contributed by atoms with E-state index in [2.05, 4.69) is 0 Å². The highest BCUT2D eigenvalue weighted by atomic mass is 16.5. The molecule has 0 aromatic heterocycles. The first-order valence-electron chi connectivity index (χ1n) is 6.66. The van der Waals surface area contributed by atoms with Gasteiger partial charge in [0.05, 0.1) is 12.7 Å². The topological polar surface area (TPSA) is 72.8 Å². The molecule has 0 aliphatic heterocycles. The lowest BCUT2D eigenvalue weighted by atomic mass is 10.0. The van der Waals surface area contributed by atoms with Gasteiger partial charge in [0, 0.05) is 5.56 Å². The minimum atomic E-state index is -1.07. The van der Waals surface area contributed by atoms with Gasteiger partial charge in [0.1, 0.15) is 17.9 Å². The molecular weight excluding hydrogens is 284 g/mol. The normalized spacial score (nSPS) is 10.1. The number of hydrogen-bond acceptors (Lipinski definition) is 4. The molecule has 0 amide bonds. The lowest BCUT2D eigenvalue weighted by molar-refractivity contribution is 0.0592. The Morgan fingerprint density at radius 1 is 1.05 bits per heavy atom. The standard InChI is InChI=1S/C17H16O5/c1-11-13(16(18)19)8-9-14(17(20)21-2)15(11)22-10-12-6-4-3-5-7-12/h3-9H,10H2,1-2H3,(H,18,19). The van der Waals surface area contributed by atoms with E-state index in [1.807, 2.05) is 30.3 Å². The number of carboxylic acids is 1. The Hall–Kier alpha value is -2.82. The largest absolute Gasteiger partial charge is 0.488 e. The molecular formula is C17H16O5. The zero-order chi connectivity index (χ0) is 16.1. The third-order valence-corrected chi connectivity index (χ3v) is 3.27. The van der Waals surface area contributed by atoms with Crippen LogP contribution in [0, 0.1) is 6.92 Å². The lowest BCUT2D eigenvalue weighted by Crippen LogP contribution is -2.10. The molecule has 0 heterocycles. The number of benzene rings is 2. The van der Waals surface area contributed by atoms with Crippen LogP contribution in [0.5, 0.6) is 5.75 Å². The molecule has 0 aliphatic rings. The van der Waals surface area contributed by atoms with Crippen molar-refractivity contribution in [1.29, 1.82) is 0 Å². The van der Waals surface area contributed by atoms with Gasteiger partial charge in [0.2, 0.25) is 0 Å². The summed E-state index contributed by atoms with van der Waals surface area (Å²) < 4.78 is 10.4. The molecule has 1 N–H and O–H groups in total. The molecule has 0 radical (unpaired) electrons. The second-order valence-corrected chi connectivity index (χ2v) is 4.69. The number of rotatable bonds is 5. The average Bonchev–Trinajstić information content (AvgIpc) is 2.53. The monoisotopic (exact) mass is 300 g/mol. The van der Waals surface area contributed by atoms with Gasteiger partial charge in [0.25, 0.3) is 0 Å². The second-order valence-electron chi connectivity index (χ2n) is 4.69. The van der Waals surface area contributed by atoms with E-state index in [0.717, 1.165) is 5.56 Å². The third kappa shape index (κ3) is 3.25. The van der Waals surface area contributed by atoms with Crippen molar-refractivity contribution in [3.05, 3.63) is 64.7 Å². The van der Waals surface area contributed by atoms with E-state index in [-0.39, 0.29) is 23.5 Å². The van der Waals surface area contributed by atoms with Crippen LogP contribution in [0.25, 0.3) is 0 Å².